The molecule has 0 unspecified atom stereocenters. The summed E-state index contributed by atoms with van der Waals surface area (Å²) in [6.45, 7) is 2.69. The van der Waals surface area contributed by atoms with Crippen molar-refractivity contribution in [1.29, 1.82) is 0 Å². The number of rotatable bonds is 0. The Morgan fingerprint density at radius 2 is 1.75 bits per heavy atom. The lowest BCUT2D eigenvalue weighted by Crippen LogP contribution is -0.990. The van der Waals surface area contributed by atoms with Crippen LogP contribution in [0, 0.1) is 0 Å². The van der Waals surface area contributed by atoms with Crippen LogP contribution in [0.25, 0.3) is 0 Å². The predicted octanol–water partition coefficient (Wildman–Crippen LogP) is -0.0845. The van der Waals surface area contributed by atoms with Crippen molar-refractivity contribution in [2.45, 2.75) is 0 Å². The molecule has 0 aliphatic rings. The van der Waals surface area contributed by atoms with Gasteiger partial charge in [-0.25, -0.2) is 4.39 Å². The van der Waals surface area contributed by atoms with Crippen molar-refractivity contribution in [3.8, 4) is 0 Å². The highest BCUT2D eigenvalue weighted by Crippen LogP contribution is 1.48. The van der Waals surface area contributed by atoms with Gasteiger partial charge in [0.25, 0.3) is 0 Å². The van der Waals surface area contributed by atoms with Crippen LogP contribution in [0.15, 0.2) is 12.9 Å². The standard InChI is InChI=1S/C2H3F.BH3/c1-2-3;/h2H,1H2;1H3. The SMILES string of the molecule is B.C=CF. The maximum atomic E-state index is 10.1. The second-order valence-corrected chi connectivity index (χ2v) is 0.154. The van der Waals surface area contributed by atoms with Crippen LogP contribution in [-0.2, 0) is 0 Å². The summed E-state index contributed by atoms with van der Waals surface area (Å²) < 4.78 is 10.1. The zero-order valence-electron chi connectivity index (χ0n) is 1.66. The van der Waals surface area contributed by atoms with Gasteiger partial charge in [0.15, 0.2) is 0 Å². The molecule has 0 N–H and O–H groups in total. The molecule has 0 saturated heterocycles. The quantitative estimate of drug-likeness (QED) is 0.343. The molecule has 4 heavy (non-hydrogen) atoms. The molecule has 0 bridgehead atoms. The van der Waals surface area contributed by atoms with Crippen LogP contribution >= 0.6 is 0 Å². The van der Waals surface area contributed by atoms with E-state index < -0.39 is 0 Å². The van der Waals surface area contributed by atoms with Gasteiger partial charge >= 0.3 is 0 Å². The monoisotopic (exact) mass is 60.1 g/mol. The van der Waals surface area contributed by atoms with Crippen molar-refractivity contribution >= 4 is 8.41 Å². The summed E-state index contributed by atoms with van der Waals surface area (Å²) in [5.41, 5.74) is 0. The molecular formula is C2H6BF. The average Bonchev–Trinajstić information content (AvgIpc) is 0.918. The molecule has 0 fully saturated rings. The van der Waals surface area contributed by atoms with Gasteiger partial charge in [-0.15, -0.1) is 0 Å². The van der Waals surface area contributed by atoms with Gasteiger partial charge in [-0.3, -0.25) is 0 Å². The minimum atomic E-state index is 0. The Balaban J connectivity index is 0. The van der Waals surface area contributed by atoms with Crippen LogP contribution in [-0.4, -0.2) is 8.41 Å². The molecule has 0 heterocycles. The summed E-state index contributed by atoms with van der Waals surface area (Å²) >= 11 is 0. The van der Waals surface area contributed by atoms with Crippen LogP contribution in [0.5, 0.6) is 0 Å². The Labute approximate surface area is 26.9 Å². The highest BCUT2D eigenvalue weighted by Gasteiger charge is 1.19. The van der Waals surface area contributed by atoms with Crippen LogP contribution < -0.4 is 0 Å². The van der Waals surface area contributed by atoms with Gasteiger partial charge in [0, 0.05) is 0 Å². The molecule has 0 saturated carbocycles. The van der Waals surface area contributed by atoms with Gasteiger partial charge in [0.2, 0.25) is 0 Å². The van der Waals surface area contributed by atoms with E-state index in [0.717, 1.165) is 0 Å². The molecule has 0 amide bonds. The van der Waals surface area contributed by atoms with Crippen molar-refractivity contribution < 1.29 is 4.39 Å². The molecule has 2 heteroatoms. The molecular weight excluding hydrogens is 53.8 g/mol. The molecule has 0 aromatic rings. The first kappa shape index (κ1) is 9.28. The summed E-state index contributed by atoms with van der Waals surface area (Å²) in [6.07, 6.45) is 0.250. The maximum Gasteiger partial charge on any atom is 0.0814 e. The fourth-order valence-electron chi connectivity index (χ4n) is 0. The van der Waals surface area contributed by atoms with E-state index in [2.05, 4.69) is 6.58 Å². The molecule has 0 aliphatic carbocycles. The molecule has 0 spiro atoms. The van der Waals surface area contributed by atoms with Crippen molar-refractivity contribution in [3.63, 3.8) is 0 Å². The van der Waals surface area contributed by atoms with Crippen molar-refractivity contribution in [1.82, 2.24) is 0 Å². The minimum Gasteiger partial charge on any atom is -0.216 e. The summed E-state index contributed by atoms with van der Waals surface area (Å²) in [6, 6.07) is 0. The summed E-state index contributed by atoms with van der Waals surface area (Å²) in [7, 11) is 0. The van der Waals surface area contributed by atoms with Gasteiger partial charge in [0.1, 0.15) is 0 Å². The van der Waals surface area contributed by atoms with Gasteiger partial charge in [-0.1, -0.05) is 6.58 Å². The number of hydrogen-bond acceptors (Lipinski definition) is 0. The Bertz CT molecular complexity index is 13.5. The first-order valence-corrected chi connectivity index (χ1v) is 0.626. The lowest BCUT2D eigenvalue weighted by atomic mass is 10.8. The second kappa shape index (κ2) is 15.2. The summed E-state index contributed by atoms with van der Waals surface area (Å²) in [5.74, 6) is 0. The molecule has 0 rings (SSSR count). The third kappa shape index (κ3) is 13.3. The minimum absolute atomic E-state index is 0. The normalized spacial score (nSPS) is 3.25. The average molecular weight is 59.9 g/mol. The zero-order chi connectivity index (χ0) is 2.71. The van der Waals surface area contributed by atoms with Gasteiger partial charge < -0.3 is 0 Å². The second-order valence-electron chi connectivity index (χ2n) is 0.154. The lowest BCUT2D eigenvalue weighted by Gasteiger charge is -1.28. The fraction of sp³-hybridized carbons (Fsp3) is 0. The molecule has 0 atom stereocenters. The van der Waals surface area contributed by atoms with Gasteiger partial charge in [0.05, 0.1) is 14.7 Å². The van der Waals surface area contributed by atoms with Crippen LogP contribution in [0.2, 0.25) is 0 Å². The smallest absolute Gasteiger partial charge is 0.0814 e. The highest BCUT2D eigenvalue weighted by molar-refractivity contribution is 5.75. The van der Waals surface area contributed by atoms with Crippen molar-refractivity contribution in [2.75, 3.05) is 0 Å². The van der Waals surface area contributed by atoms with E-state index in [9.17, 15) is 4.39 Å². The van der Waals surface area contributed by atoms with Gasteiger partial charge in [-0.05, 0) is 0 Å². The van der Waals surface area contributed by atoms with E-state index in [-0.39, 0.29) is 14.7 Å². The fourth-order valence-corrected chi connectivity index (χ4v) is 0. The van der Waals surface area contributed by atoms with E-state index in [0.29, 0.717) is 0 Å². The molecule has 24 valence electrons. The van der Waals surface area contributed by atoms with Crippen molar-refractivity contribution in [3.05, 3.63) is 12.9 Å². The Morgan fingerprint density at radius 3 is 1.75 bits per heavy atom. The largest absolute Gasteiger partial charge is 0.216 e. The lowest BCUT2D eigenvalue weighted by molar-refractivity contribution is 0.725. The number of halogens is 1. The Hall–Kier alpha value is -0.265. The molecule has 0 aromatic carbocycles. The molecule has 0 radical (unpaired) electrons. The van der Waals surface area contributed by atoms with Crippen molar-refractivity contribution in [2.24, 2.45) is 0 Å². The van der Waals surface area contributed by atoms with E-state index >= 15 is 0 Å². The third-order valence-corrected chi connectivity index (χ3v) is 0. The highest BCUT2D eigenvalue weighted by atomic mass is 19.1. The summed E-state index contributed by atoms with van der Waals surface area (Å²) in [5, 5.41) is 0. The molecule has 0 nitrogen and oxygen atoms in total. The number of hydrogen-bond donors (Lipinski definition) is 0. The Kier molecular flexibility index (Phi) is 35.4. The summed E-state index contributed by atoms with van der Waals surface area (Å²) in [4.78, 5) is 0. The maximum absolute atomic E-state index is 10.1. The van der Waals surface area contributed by atoms with E-state index in [4.69, 9.17) is 0 Å². The van der Waals surface area contributed by atoms with E-state index in [1.165, 1.54) is 0 Å². The predicted molar refractivity (Wildman–Crippen MR) is 21.2 cm³/mol. The van der Waals surface area contributed by atoms with E-state index in [1.54, 1.807) is 0 Å². The third-order valence-electron chi connectivity index (χ3n) is 0. The van der Waals surface area contributed by atoms with Crippen LogP contribution in [0.4, 0.5) is 4.39 Å². The first-order chi connectivity index (χ1) is 1.41. The van der Waals surface area contributed by atoms with E-state index in [1.807, 2.05) is 0 Å². The van der Waals surface area contributed by atoms with Crippen LogP contribution in [0.1, 0.15) is 0 Å². The van der Waals surface area contributed by atoms with Crippen LogP contribution in [0.3, 0.4) is 0 Å². The molecule has 0 aromatic heterocycles. The molecule has 0 aliphatic heterocycles. The zero-order valence-corrected chi connectivity index (χ0v) is 1.66. The topological polar surface area (TPSA) is 0 Å². The van der Waals surface area contributed by atoms with Gasteiger partial charge in [-0.2, -0.15) is 0 Å². The first-order valence-electron chi connectivity index (χ1n) is 0.626. The Morgan fingerprint density at radius 1 is 1.75 bits per heavy atom.